The Labute approximate surface area is 188 Å². The summed E-state index contributed by atoms with van der Waals surface area (Å²) >= 11 is 0. The van der Waals surface area contributed by atoms with Crippen LogP contribution in [-0.4, -0.2) is 62.4 Å². The summed E-state index contributed by atoms with van der Waals surface area (Å²) in [7, 11) is 2.45. The number of benzene rings is 1. The maximum Gasteiger partial charge on any atom is 0.410 e. The van der Waals surface area contributed by atoms with Crippen LogP contribution in [0.25, 0.3) is 0 Å². The van der Waals surface area contributed by atoms with Gasteiger partial charge in [0.15, 0.2) is 0 Å². The first-order valence-corrected chi connectivity index (χ1v) is 10.5. The summed E-state index contributed by atoms with van der Waals surface area (Å²) in [4.78, 5) is 37.3. The van der Waals surface area contributed by atoms with Gasteiger partial charge in [0.2, 0.25) is 0 Å². The Hall–Kier alpha value is -3.23. The first-order chi connectivity index (χ1) is 15.1. The fraction of sp³-hybridized carbons (Fsp3) is 0.522. The highest BCUT2D eigenvalue weighted by molar-refractivity contribution is 5.98. The molecule has 1 aliphatic rings. The Morgan fingerprint density at radius 1 is 1.12 bits per heavy atom. The summed E-state index contributed by atoms with van der Waals surface area (Å²) in [5.41, 5.74) is 0.00406. The number of methoxy groups -OCH3 is 2. The van der Waals surface area contributed by atoms with Gasteiger partial charge in [0.05, 0.1) is 26.9 Å². The lowest BCUT2D eigenvalue weighted by molar-refractivity contribution is -0.138. The molecule has 1 aliphatic heterocycles. The van der Waals surface area contributed by atoms with Crippen LogP contribution < -0.4 is 10.1 Å². The molecule has 0 saturated carbocycles. The number of nitrogens with zero attached hydrogens (tertiary/aromatic N) is 1. The van der Waals surface area contributed by atoms with Crippen molar-refractivity contribution in [1.29, 1.82) is 0 Å². The zero-order chi connectivity index (χ0) is 23.7. The number of rotatable bonds is 7. The first kappa shape index (κ1) is 25.0. The highest BCUT2D eigenvalue weighted by Crippen LogP contribution is 2.23. The van der Waals surface area contributed by atoms with Crippen LogP contribution in [0, 0.1) is 5.92 Å². The summed E-state index contributed by atoms with van der Waals surface area (Å²) in [6.45, 7) is 7.33. The van der Waals surface area contributed by atoms with Gasteiger partial charge in [-0.2, -0.15) is 0 Å². The highest BCUT2D eigenvalue weighted by atomic mass is 16.6. The second-order valence-corrected chi connectivity index (χ2v) is 8.45. The van der Waals surface area contributed by atoms with Crippen molar-refractivity contribution in [2.45, 2.75) is 39.2 Å². The molecule has 1 fully saturated rings. The SMILES string of the molecule is COC(=O)/C=C(/Nc1cccc(OCC2CCN(C(=O)OC(C)(C)C)CC2)c1)C(=O)OC. The van der Waals surface area contributed by atoms with E-state index in [2.05, 4.69) is 10.1 Å². The Balaban J connectivity index is 1.90. The molecule has 1 N–H and O–H groups in total. The van der Waals surface area contributed by atoms with Crippen LogP contribution in [0.15, 0.2) is 36.0 Å². The van der Waals surface area contributed by atoms with Crippen molar-refractivity contribution in [2.24, 2.45) is 5.92 Å². The standard InChI is InChI=1S/C23H32N2O7/c1-23(2,3)32-22(28)25-11-9-16(10-12-25)15-31-18-8-6-7-17(13-18)24-19(21(27)30-5)14-20(26)29-4/h6-8,13-14,16,24H,9-12,15H2,1-5H3/b19-14+. The van der Waals surface area contributed by atoms with E-state index in [0.717, 1.165) is 18.9 Å². The monoisotopic (exact) mass is 448 g/mol. The van der Waals surface area contributed by atoms with Gasteiger partial charge in [-0.25, -0.2) is 14.4 Å². The number of carbonyl (C=O) groups is 3. The quantitative estimate of drug-likeness (QED) is 0.385. The third kappa shape index (κ3) is 8.13. The second-order valence-electron chi connectivity index (χ2n) is 8.45. The minimum atomic E-state index is -0.696. The van der Waals surface area contributed by atoms with Crippen LogP contribution in [0.1, 0.15) is 33.6 Å². The van der Waals surface area contributed by atoms with E-state index in [4.69, 9.17) is 14.2 Å². The molecule has 1 amide bonds. The van der Waals surface area contributed by atoms with E-state index < -0.39 is 17.5 Å². The summed E-state index contributed by atoms with van der Waals surface area (Å²) in [6, 6.07) is 7.04. The van der Waals surface area contributed by atoms with Crippen molar-refractivity contribution in [3.63, 3.8) is 0 Å². The third-order valence-corrected chi connectivity index (χ3v) is 4.73. The van der Waals surface area contributed by atoms with Crippen molar-refractivity contribution < 1.29 is 33.3 Å². The minimum Gasteiger partial charge on any atom is -0.493 e. The number of hydrogen-bond donors (Lipinski definition) is 1. The van der Waals surface area contributed by atoms with Gasteiger partial charge in [0.25, 0.3) is 0 Å². The van der Waals surface area contributed by atoms with E-state index in [0.29, 0.717) is 37.1 Å². The van der Waals surface area contributed by atoms with Gasteiger partial charge < -0.3 is 29.2 Å². The Kier molecular flexibility index (Phi) is 8.92. The van der Waals surface area contributed by atoms with Crippen LogP contribution in [0.5, 0.6) is 5.75 Å². The number of likely N-dealkylation sites (tertiary alicyclic amines) is 1. The van der Waals surface area contributed by atoms with Gasteiger partial charge in [0.1, 0.15) is 17.0 Å². The molecule has 32 heavy (non-hydrogen) atoms. The van der Waals surface area contributed by atoms with E-state index in [1.807, 2.05) is 26.8 Å². The Bertz CT molecular complexity index is 837. The molecule has 0 aromatic heterocycles. The zero-order valence-electron chi connectivity index (χ0n) is 19.3. The zero-order valence-corrected chi connectivity index (χ0v) is 19.3. The summed E-state index contributed by atoms with van der Waals surface area (Å²) in [5, 5.41) is 2.86. The predicted molar refractivity (Wildman–Crippen MR) is 118 cm³/mol. The molecule has 0 radical (unpaired) electrons. The topological polar surface area (TPSA) is 103 Å². The van der Waals surface area contributed by atoms with Crippen molar-refractivity contribution >= 4 is 23.7 Å². The number of nitrogens with one attached hydrogen (secondary N) is 1. The van der Waals surface area contributed by atoms with E-state index >= 15 is 0 Å². The van der Waals surface area contributed by atoms with E-state index in [1.165, 1.54) is 14.2 Å². The number of hydrogen-bond acceptors (Lipinski definition) is 8. The fourth-order valence-electron chi connectivity index (χ4n) is 3.07. The smallest absolute Gasteiger partial charge is 0.410 e. The Morgan fingerprint density at radius 3 is 2.41 bits per heavy atom. The number of ether oxygens (including phenoxy) is 4. The number of amides is 1. The van der Waals surface area contributed by atoms with Crippen LogP contribution in [0.3, 0.4) is 0 Å². The number of carbonyl (C=O) groups excluding carboxylic acids is 3. The van der Waals surface area contributed by atoms with Crippen molar-refractivity contribution in [1.82, 2.24) is 4.90 Å². The van der Waals surface area contributed by atoms with Gasteiger partial charge in [-0.3, -0.25) is 0 Å². The molecule has 0 spiro atoms. The second kappa shape index (κ2) is 11.4. The molecular weight excluding hydrogens is 416 g/mol. The molecule has 0 unspecified atom stereocenters. The number of piperidine rings is 1. The lowest BCUT2D eigenvalue weighted by Gasteiger charge is -2.33. The van der Waals surface area contributed by atoms with Gasteiger partial charge in [-0.15, -0.1) is 0 Å². The third-order valence-electron chi connectivity index (χ3n) is 4.73. The van der Waals surface area contributed by atoms with Gasteiger partial charge in [-0.1, -0.05) is 6.07 Å². The molecule has 176 valence electrons. The molecule has 0 aliphatic carbocycles. The maximum absolute atomic E-state index is 12.2. The molecule has 1 heterocycles. The molecule has 1 aromatic carbocycles. The van der Waals surface area contributed by atoms with Crippen molar-refractivity contribution in [2.75, 3.05) is 39.2 Å². The van der Waals surface area contributed by atoms with Gasteiger partial charge in [-0.05, 0) is 51.7 Å². The lowest BCUT2D eigenvalue weighted by Crippen LogP contribution is -2.42. The van der Waals surface area contributed by atoms with Crippen LogP contribution >= 0.6 is 0 Å². The molecule has 9 heteroatoms. The van der Waals surface area contributed by atoms with Crippen LogP contribution in [-0.2, 0) is 23.8 Å². The highest BCUT2D eigenvalue weighted by Gasteiger charge is 2.27. The van der Waals surface area contributed by atoms with Crippen LogP contribution in [0.4, 0.5) is 10.5 Å². The lowest BCUT2D eigenvalue weighted by atomic mass is 9.98. The predicted octanol–water partition coefficient (Wildman–Crippen LogP) is 3.35. The van der Waals surface area contributed by atoms with E-state index in [9.17, 15) is 14.4 Å². The molecule has 1 aromatic rings. The average Bonchev–Trinajstić information content (AvgIpc) is 2.76. The first-order valence-electron chi connectivity index (χ1n) is 10.5. The van der Waals surface area contributed by atoms with Gasteiger partial charge >= 0.3 is 18.0 Å². The van der Waals surface area contributed by atoms with E-state index in [-0.39, 0.29) is 11.8 Å². The normalized spacial score (nSPS) is 15.0. The summed E-state index contributed by atoms with van der Waals surface area (Å²) in [5.74, 6) is -0.441. The maximum atomic E-state index is 12.2. The van der Waals surface area contributed by atoms with Gasteiger partial charge in [0, 0.05) is 24.8 Å². The van der Waals surface area contributed by atoms with Crippen molar-refractivity contribution in [3.8, 4) is 5.75 Å². The number of anilines is 1. The number of esters is 2. The molecular formula is C23H32N2O7. The largest absolute Gasteiger partial charge is 0.493 e. The molecule has 2 rings (SSSR count). The van der Waals surface area contributed by atoms with Crippen LogP contribution in [0.2, 0.25) is 0 Å². The summed E-state index contributed by atoms with van der Waals surface area (Å²) in [6.07, 6.45) is 2.39. The Morgan fingerprint density at radius 2 is 1.81 bits per heavy atom. The molecule has 0 bridgehead atoms. The summed E-state index contributed by atoms with van der Waals surface area (Å²) < 4.78 is 20.6. The van der Waals surface area contributed by atoms with E-state index in [1.54, 1.807) is 23.1 Å². The molecule has 1 saturated heterocycles. The molecule has 0 atom stereocenters. The molecule has 9 nitrogen and oxygen atoms in total. The minimum absolute atomic E-state index is 0.0500. The fourth-order valence-corrected chi connectivity index (χ4v) is 3.07. The van der Waals surface area contributed by atoms with Crippen molar-refractivity contribution in [3.05, 3.63) is 36.0 Å². The average molecular weight is 449 g/mol.